The number of halogens is 1. The van der Waals surface area contributed by atoms with E-state index in [2.05, 4.69) is 27.0 Å². The molecule has 2 saturated heterocycles. The Labute approximate surface area is 230 Å². The van der Waals surface area contributed by atoms with Gasteiger partial charge in [-0.15, -0.1) is 11.3 Å². The monoisotopic (exact) mass is 548 g/mol. The first kappa shape index (κ1) is 25.0. The van der Waals surface area contributed by atoms with Crippen LogP contribution in [0.5, 0.6) is 0 Å². The fourth-order valence-corrected chi connectivity index (χ4v) is 6.52. The van der Waals surface area contributed by atoms with Crippen LogP contribution in [0.2, 0.25) is 5.02 Å². The summed E-state index contributed by atoms with van der Waals surface area (Å²) in [5.41, 5.74) is 3.05. The molecule has 0 radical (unpaired) electrons. The summed E-state index contributed by atoms with van der Waals surface area (Å²) in [6.07, 6.45) is 2.98. The lowest BCUT2D eigenvalue weighted by Crippen LogP contribution is -2.46. The molecule has 38 heavy (non-hydrogen) atoms. The van der Waals surface area contributed by atoms with Gasteiger partial charge < -0.3 is 15.1 Å². The zero-order chi connectivity index (χ0) is 26.6. The molecule has 0 aliphatic carbocycles. The van der Waals surface area contributed by atoms with Crippen molar-refractivity contribution in [3.05, 3.63) is 52.8 Å². The Kier molecular flexibility index (Phi) is 6.41. The Balaban J connectivity index is 1.25. The third-order valence-electron chi connectivity index (χ3n) is 7.19. The number of fused-ring (bicyclic) bond motifs is 3. The van der Waals surface area contributed by atoms with Gasteiger partial charge in [-0.3, -0.25) is 9.69 Å². The Hall–Kier alpha value is -3.34. The van der Waals surface area contributed by atoms with Gasteiger partial charge in [0.1, 0.15) is 16.6 Å². The molecule has 5 heterocycles. The van der Waals surface area contributed by atoms with Gasteiger partial charge in [0.2, 0.25) is 5.95 Å². The highest BCUT2D eigenvalue weighted by atomic mass is 35.5. The summed E-state index contributed by atoms with van der Waals surface area (Å²) in [7, 11) is 3.44. The van der Waals surface area contributed by atoms with E-state index in [1.165, 1.54) is 22.7 Å². The minimum absolute atomic E-state index is 0.105. The molecular formula is C27H29ClN8OS. The Morgan fingerprint density at radius 1 is 1.11 bits per heavy atom. The number of hydrogen-bond donors (Lipinski definition) is 1. The number of anilines is 3. The van der Waals surface area contributed by atoms with Gasteiger partial charge in [0, 0.05) is 79.4 Å². The quantitative estimate of drug-likeness (QED) is 0.366. The average molecular weight is 549 g/mol. The summed E-state index contributed by atoms with van der Waals surface area (Å²) in [6.45, 7) is 7.35. The highest BCUT2D eigenvalue weighted by Crippen LogP contribution is 2.35. The van der Waals surface area contributed by atoms with E-state index < -0.39 is 0 Å². The molecular weight excluding hydrogens is 520 g/mol. The number of carbonyl (C=O) groups excluding carboxylic acids is 1. The van der Waals surface area contributed by atoms with Crippen LogP contribution < -0.4 is 10.2 Å². The van der Waals surface area contributed by atoms with Gasteiger partial charge >= 0.3 is 0 Å². The van der Waals surface area contributed by atoms with Crippen molar-refractivity contribution in [3.63, 3.8) is 0 Å². The van der Waals surface area contributed by atoms with Crippen LogP contribution in [0.1, 0.15) is 29.4 Å². The van der Waals surface area contributed by atoms with Crippen LogP contribution in [0, 0.1) is 6.92 Å². The van der Waals surface area contributed by atoms with Crippen molar-refractivity contribution in [2.24, 2.45) is 0 Å². The van der Waals surface area contributed by atoms with E-state index in [1.807, 2.05) is 37.4 Å². The lowest BCUT2D eigenvalue weighted by Gasteiger charge is -2.33. The van der Waals surface area contributed by atoms with Crippen molar-refractivity contribution >= 4 is 56.6 Å². The van der Waals surface area contributed by atoms with Crippen LogP contribution in [0.15, 0.2) is 36.5 Å². The minimum Gasteiger partial charge on any atom is -0.345 e. The fraction of sp³-hybridized carbons (Fsp3) is 0.370. The first-order chi connectivity index (χ1) is 18.3. The van der Waals surface area contributed by atoms with E-state index >= 15 is 0 Å². The maximum Gasteiger partial charge on any atom is 0.253 e. The Morgan fingerprint density at radius 3 is 2.68 bits per heavy atom. The minimum atomic E-state index is -0.105. The van der Waals surface area contributed by atoms with Gasteiger partial charge in [-0.25, -0.2) is 15.0 Å². The molecule has 2 fully saturated rings. The zero-order valence-corrected chi connectivity index (χ0v) is 23.3. The Morgan fingerprint density at radius 2 is 1.95 bits per heavy atom. The number of hydrogen-bond acceptors (Lipinski definition) is 9. The summed E-state index contributed by atoms with van der Waals surface area (Å²) in [4.78, 5) is 37.9. The van der Waals surface area contributed by atoms with Crippen molar-refractivity contribution in [1.29, 1.82) is 0 Å². The molecule has 11 heteroatoms. The standard InChI is InChI=1S/C27H29ClN8OS/c1-5-35-13-20-10-19(35)14-36(20)27-30-15(2)6-24(33-27)32-23-11-21-22(12-29-23)38-25(31-21)16-7-17(9-18(28)8-16)26(37)34(3)4/h6-9,11-12,19-20H,5,10,13-14H2,1-4H3,(H,29,30,32,33)/t19-,20-/m0/s1. The average Bonchev–Trinajstić information content (AvgIpc) is 3.61. The Bertz CT molecular complexity index is 1540. The van der Waals surface area contributed by atoms with E-state index in [0.717, 1.165) is 52.1 Å². The number of nitrogens with zero attached hydrogens (tertiary/aromatic N) is 7. The summed E-state index contributed by atoms with van der Waals surface area (Å²) >= 11 is 7.85. The second-order valence-electron chi connectivity index (χ2n) is 10.1. The first-order valence-electron chi connectivity index (χ1n) is 12.7. The molecule has 9 nitrogen and oxygen atoms in total. The number of amides is 1. The smallest absolute Gasteiger partial charge is 0.253 e. The van der Waals surface area contributed by atoms with Gasteiger partial charge in [0.15, 0.2) is 0 Å². The maximum absolute atomic E-state index is 12.5. The molecule has 2 aliphatic heterocycles. The molecule has 1 amide bonds. The first-order valence-corrected chi connectivity index (χ1v) is 13.9. The van der Waals surface area contributed by atoms with Crippen molar-refractivity contribution in [3.8, 4) is 10.6 Å². The largest absolute Gasteiger partial charge is 0.345 e. The topological polar surface area (TPSA) is 90.4 Å². The third-order valence-corrected chi connectivity index (χ3v) is 8.46. The molecule has 1 N–H and O–H groups in total. The number of benzene rings is 1. The molecule has 4 aromatic rings. The molecule has 2 atom stereocenters. The van der Waals surface area contributed by atoms with Crippen LogP contribution in [0.3, 0.4) is 0 Å². The number of pyridine rings is 1. The summed E-state index contributed by atoms with van der Waals surface area (Å²) < 4.78 is 0.944. The van der Waals surface area contributed by atoms with Crippen LogP contribution in [0.4, 0.5) is 17.6 Å². The van der Waals surface area contributed by atoms with Crippen molar-refractivity contribution in [2.45, 2.75) is 32.4 Å². The van der Waals surface area contributed by atoms with Crippen LogP contribution in [-0.2, 0) is 0 Å². The zero-order valence-electron chi connectivity index (χ0n) is 21.8. The second kappa shape index (κ2) is 9.76. The van der Waals surface area contributed by atoms with Crippen molar-refractivity contribution in [1.82, 2.24) is 29.7 Å². The molecule has 0 saturated carbocycles. The maximum atomic E-state index is 12.5. The molecule has 6 rings (SSSR count). The van der Waals surface area contributed by atoms with E-state index in [0.29, 0.717) is 34.3 Å². The molecule has 2 aliphatic rings. The van der Waals surface area contributed by atoms with E-state index in [1.54, 1.807) is 20.2 Å². The van der Waals surface area contributed by atoms with Crippen LogP contribution >= 0.6 is 22.9 Å². The van der Waals surface area contributed by atoms with E-state index in [9.17, 15) is 4.79 Å². The lowest BCUT2D eigenvalue weighted by atomic mass is 10.1. The molecule has 0 unspecified atom stereocenters. The number of piperazine rings is 1. The fourth-order valence-electron chi connectivity index (χ4n) is 5.38. The lowest BCUT2D eigenvalue weighted by molar-refractivity contribution is 0.0827. The summed E-state index contributed by atoms with van der Waals surface area (Å²) in [6, 6.07) is 10.2. The normalized spacial score (nSPS) is 18.9. The molecule has 3 aromatic heterocycles. The van der Waals surface area contributed by atoms with Gasteiger partial charge in [-0.05, 0) is 38.1 Å². The number of likely N-dealkylation sites (N-methyl/N-ethyl adjacent to an activating group) is 1. The van der Waals surface area contributed by atoms with Gasteiger partial charge in [-0.2, -0.15) is 4.98 Å². The summed E-state index contributed by atoms with van der Waals surface area (Å²) in [5.74, 6) is 2.04. The predicted molar refractivity (Wildman–Crippen MR) is 153 cm³/mol. The molecule has 1 aromatic carbocycles. The van der Waals surface area contributed by atoms with Crippen molar-refractivity contribution in [2.75, 3.05) is 43.9 Å². The van der Waals surface area contributed by atoms with Gasteiger partial charge in [-0.1, -0.05) is 18.5 Å². The van der Waals surface area contributed by atoms with Crippen LogP contribution in [-0.4, -0.2) is 81.5 Å². The number of nitrogens with one attached hydrogen (secondary N) is 1. The highest BCUT2D eigenvalue weighted by molar-refractivity contribution is 7.21. The number of likely N-dealkylation sites (tertiary alicyclic amines) is 1. The van der Waals surface area contributed by atoms with E-state index in [4.69, 9.17) is 26.6 Å². The van der Waals surface area contributed by atoms with Gasteiger partial charge in [0.05, 0.1) is 10.2 Å². The predicted octanol–water partition coefficient (Wildman–Crippen LogP) is 4.84. The SMILES string of the molecule is CCN1C[C@@H]2C[C@H]1CN2c1nc(C)cc(Nc2cc3nc(-c4cc(Cl)cc(C(=O)N(C)C)c4)sc3cn2)n1. The molecule has 2 bridgehead atoms. The number of aryl methyl sites for hydroxylation is 1. The number of rotatable bonds is 6. The molecule has 0 spiro atoms. The molecule has 196 valence electrons. The van der Waals surface area contributed by atoms with Crippen molar-refractivity contribution < 1.29 is 4.79 Å². The van der Waals surface area contributed by atoms with Gasteiger partial charge in [0.25, 0.3) is 5.91 Å². The van der Waals surface area contributed by atoms with Crippen LogP contribution in [0.25, 0.3) is 20.8 Å². The number of aromatic nitrogens is 4. The third kappa shape index (κ3) is 4.68. The number of carbonyl (C=O) groups is 1. The highest BCUT2D eigenvalue weighted by Gasteiger charge is 2.43. The van der Waals surface area contributed by atoms with E-state index in [-0.39, 0.29) is 5.91 Å². The number of thiazole rings is 1. The second-order valence-corrected chi connectivity index (χ2v) is 11.6. The summed E-state index contributed by atoms with van der Waals surface area (Å²) in [5, 5.41) is 4.63.